The van der Waals surface area contributed by atoms with E-state index in [1.54, 1.807) is 36.4 Å². The molecule has 2 amide bonds. The summed E-state index contributed by atoms with van der Waals surface area (Å²) >= 11 is 0. The van der Waals surface area contributed by atoms with E-state index in [1.165, 1.54) is 24.1 Å². The van der Waals surface area contributed by atoms with Crippen molar-refractivity contribution in [1.29, 1.82) is 0 Å². The van der Waals surface area contributed by atoms with Crippen molar-refractivity contribution in [2.45, 2.75) is 44.7 Å². The van der Waals surface area contributed by atoms with Crippen LogP contribution in [0.2, 0.25) is 0 Å². The van der Waals surface area contributed by atoms with Gasteiger partial charge in [0.25, 0.3) is 10.0 Å². The minimum Gasteiger partial charge on any atom is -0.495 e. The summed E-state index contributed by atoms with van der Waals surface area (Å²) in [4.78, 5) is 28.5. The molecule has 0 aromatic heterocycles. The van der Waals surface area contributed by atoms with Gasteiger partial charge in [-0.2, -0.15) is 0 Å². The molecule has 1 N–H and O–H groups in total. The smallest absolute Gasteiger partial charge is 0.264 e. The van der Waals surface area contributed by atoms with Crippen LogP contribution in [0.15, 0.2) is 83.8 Å². The van der Waals surface area contributed by atoms with Crippen LogP contribution < -0.4 is 14.4 Å². The number of methoxy groups -OCH3 is 1. The topological polar surface area (TPSA) is 96.0 Å². The number of hydrogen-bond acceptors (Lipinski definition) is 5. The quantitative estimate of drug-likeness (QED) is 0.375. The number of likely N-dealkylation sites (N-methyl/N-ethyl adjacent to an activating group) is 1. The second kappa shape index (κ2) is 13.1. The highest BCUT2D eigenvalue weighted by atomic mass is 32.2. The number of amides is 2. The highest BCUT2D eigenvalue weighted by Crippen LogP contribution is 2.33. The van der Waals surface area contributed by atoms with Gasteiger partial charge in [0.1, 0.15) is 18.3 Å². The van der Waals surface area contributed by atoms with Crippen LogP contribution in [0.1, 0.15) is 31.4 Å². The van der Waals surface area contributed by atoms with Crippen LogP contribution in [0, 0.1) is 6.92 Å². The summed E-state index contributed by atoms with van der Waals surface area (Å²) in [6.07, 6.45) is 0.365. The van der Waals surface area contributed by atoms with Crippen molar-refractivity contribution in [3.05, 3.63) is 90.0 Å². The molecule has 3 aromatic rings. The van der Waals surface area contributed by atoms with Gasteiger partial charge in [0.2, 0.25) is 11.8 Å². The van der Waals surface area contributed by atoms with Crippen molar-refractivity contribution in [3.63, 3.8) is 0 Å². The van der Waals surface area contributed by atoms with Gasteiger partial charge in [-0.05, 0) is 55.7 Å². The Morgan fingerprint density at radius 3 is 2.16 bits per heavy atom. The summed E-state index contributed by atoms with van der Waals surface area (Å²) in [5, 5.41) is 2.80. The maximum atomic E-state index is 14.0. The van der Waals surface area contributed by atoms with Crippen LogP contribution >= 0.6 is 0 Å². The third-order valence-electron chi connectivity index (χ3n) is 6.15. The average Bonchev–Trinajstić information content (AvgIpc) is 2.92. The molecular formula is C29H35N3O5S. The zero-order valence-corrected chi connectivity index (χ0v) is 23.1. The SMILES string of the molecule is CCNC(=O)[C@H](CC)N(Cc1ccccc1)C(=O)CN(c1cc(C)ccc1OC)S(=O)(=O)c1ccccc1. The maximum absolute atomic E-state index is 14.0. The molecule has 0 unspecified atom stereocenters. The number of nitrogens with zero attached hydrogens (tertiary/aromatic N) is 2. The lowest BCUT2D eigenvalue weighted by molar-refractivity contribution is -0.140. The van der Waals surface area contributed by atoms with Crippen LogP contribution in [0.3, 0.4) is 0 Å². The average molecular weight is 538 g/mol. The van der Waals surface area contributed by atoms with Crippen molar-refractivity contribution in [2.24, 2.45) is 0 Å². The molecular weight excluding hydrogens is 502 g/mol. The van der Waals surface area contributed by atoms with Crippen LogP contribution in [0.5, 0.6) is 5.75 Å². The van der Waals surface area contributed by atoms with E-state index in [4.69, 9.17) is 4.74 Å². The lowest BCUT2D eigenvalue weighted by Gasteiger charge is -2.33. The van der Waals surface area contributed by atoms with E-state index >= 15 is 0 Å². The third kappa shape index (κ3) is 6.72. The summed E-state index contributed by atoms with van der Waals surface area (Å²) < 4.78 is 34.4. The minimum absolute atomic E-state index is 0.0433. The molecule has 1 atom stereocenters. The van der Waals surface area contributed by atoms with Gasteiger partial charge in [-0.15, -0.1) is 0 Å². The van der Waals surface area contributed by atoms with Crippen molar-refractivity contribution in [2.75, 3.05) is 24.5 Å². The summed E-state index contributed by atoms with van der Waals surface area (Å²) in [5.74, 6) is -0.479. The van der Waals surface area contributed by atoms with E-state index in [1.807, 2.05) is 51.1 Å². The van der Waals surface area contributed by atoms with Gasteiger partial charge < -0.3 is 15.0 Å². The summed E-state index contributed by atoms with van der Waals surface area (Å²) in [7, 11) is -2.71. The lowest BCUT2D eigenvalue weighted by Crippen LogP contribution is -2.52. The first-order valence-electron chi connectivity index (χ1n) is 12.6. The third-order valence-corrected chi connectivity index (χ3v) is 7.92. The second-order valence-electron chi connectivity index (χ2n) is 8.83. The fraction of sp³-hybridized carbons (Fsp3) is 0.310. The van der Waals surface area contributed by atoms with Gasteiger partial charge in [0.05, 0.1) is 17.7 Å². The van der Waals surface area contributed by atoms with Gasteiger partial charge in [-0.1, -0.05) is 61.5 Å². The Morgan fingerprint density at radius 2 is 1.58 bits per heavy atom. The molecule has 0 heterocycles. The van der Waals surface area contributed by atoms with Crippen molar-refractivity contribution < 1.29 is 22.7 Å². The summed E-state index contributed by atoms with van der Waals surface area (Å²) in [5.41, 5.74) is 1.88. The van der Waals surface area contributed by atoms with Crippen LogP contribution in [-0.4, -0.2) is 51.4 Å². The van der Waals surface area contributed by atoms with E-state index in [0.717, 1.165) is 15.4 Å². The Morgan fingerprint density at radius 1 is 0.947 bits per heavy atom. The number of nitrogens with one attached hydrogen (secondary N) is 1. The maximum Gasteiger partial charge on any atom is 0.264 e. The predicted octanol–water partition coefficient (Wildman–Crippen LogP) is 4.14. The second-order valence-corrected chi connectivity index (χ2v) is 10.7. The Labute approximate surface area is 225 Å². The van der Waals surface area contributed by atoms with E-state index in [-0.39, 0.29) is 23.0 Å². The largest absolute Gasteiger partial charge is 0.495 e. The van der Waals surface area contributed by atoms with Crippen molar-refractivity contribution in [3.8, 4) is 5.75 Å². The zero-order chi connectivity index (χ0) is 27.7. The van der Waals surface area contributed by atoms with Crippen LogP contribution in [0.25, 0.3) is 0 Å². The molecule has 202 valence electrons. The number of anilines is 1. The molecule has 0 fully saturated rings. The predicted molar refractivity (Wildman–Crippen MR) is 148 cm³/mol. The number of benzene rings is 3. The Balaban J connectivity index is 2.11. The van der Waals surface area contributed by atoms with Gasteiger partial charge in [-0.3, -0.25) is 13.9 Å². The van der Waals surface area contributed by atoms with Crippen LogP contribution in [0.4, 0.5) is 5.69 Å². The number of rotatable bonds is 12. The minimum atomic E-state index is -4.16. The molecule has 0 radical (unpaired) electrons. The highest BCUT2D eigenvalue weighted by molar-refractivity contribution is 7.92. The van der Waals surface area contributed by atoms with Gasteiger partial charge in [0.15, 0.2) is 0 Å². The summed E-state index contributed by atoms with van der Waals surface area (Å²) in [6, 6.07) is 21.7. The highest BCUT2D eigenvalue weighted by Gasteiger charge is 2.34. The van der Waals surface area contributed by atoms with Crippen LogP contribution in [-0.2, 0) is 26.2 Å². The molecule has 38 heavy (non-hydrogen) atoms. The first-order chi connectivity index (χ1) is 18.2. The fourth-order valence-corrected chi connectivity index (χ4v) is 5.66. The van der Waals surface area contributed by atoms with Gasteiger partial charge in [0, 0.05) is 13.1 Å². The number of ether oxygens (including phenoxy) is 1. The molecule has 0 aliphatic rings. The number of carbonyl (C=O) groups excluding carboxylic acids is 2. The fourth-order valence-electron chi connectivity index (χ4n) is 4.22. The molecule has 0 aliphatic heterocycles. The molecule has 0 saturated heterocycles. The molecule has 8 nitrogen and oxygen atoms in total. The molecule has 0 bridgehead atoms. The van der Waals surface area contributed by atoms with E-state index < -0.39 is 28.5 Å². The molecule has 9 heteroatoms. The van der Waals surface area contributed by atoms with Gasteiger partial charge in [-0.25, -0.2) is 8.42 Å². The molecule has 3 rings (SSSR count). The van der Waals surface area contributed by atoms with E-state index in [0.29, 0.717) is 18.7 Å². The first-order valence-corrected chi connectivity index (χ1v) is 14.0. The standard InChI is InChI=1S/C29H35N3O5S/c1-5-25(29(34)30-6-2)31(20-23-13-9-7-10-14-23)28(33)21-32(26-19-22(3)17-18-27(26)37-4)38(35,36)24-15-11-8-12-16-24/h7-19,25H,5-6,20-21H2,1-4H3,(H,30,34)/t25-/m0/s1. The summed E-state index contributed by atoms with van der Waals surface area (Å²) in [6.45, 7) is 5.53. The zero-order valence-electron chi connectivity index (χ0n) is 22.3. The van der Waals surface area contributed by atoms with E-state index in [9.17, 15) is 18.0 Å². The van der Waals surface area contributed by atoms with Gasteiger partial charge >= 0.3 is 0 Å². The number of hydrogen-bond donors (Lipinski definition) is 1. The molecule has 0 saturated carbocycles. The normalized spacial score (nSPS) is 11.9. The van der Waals surface area contributed by atoms with Crippen molar-refractivity contribution in [1.82, 2.24) is 10.2 Å². The first kappa shape index (κ1) is 28.7. The van der Waals surface area contributed by atoms with E-state index in [2.05, 4.69) is 5.32 Å². The Kier molecular flexibility index (Phi) is 9.90. The number of sulfonamides is 1. The molecule has 0 aliphatic carbocycles. The monoisotopic (exact) mass is 537 g/mol. The number of carbonyl (C=O) groups is 2. The number of aryl methyl sites for hydroxylation is 1. The molecule has 3 aromatic carbocycles. The lowest BCUT2D eigenvalue weighted by atomic mass is 10.1. The van der Waals surface area contributed by atoms with Crippen molar-refractivity contribution >= 4 is 27.5 Å². The Bertz CT molecular complexity index is 1330. The molecule has 0 spiro atoms. The Hall–Kier alpha value is -3.85.